The molecule has 1 aromatic heterocycles. The molecular formula is C22H18Cl2N4O2. The first-order valence-electron chi connectivity index (χ1n) is 9.22. The second-order valence-corrected chi connectivity index (χ2v) is 7.42. The molecule has 0 aliphatic carbocycles. The molecule has 0 unspecified atom stereocenters. The highest BCUT2D eigenvalue weighted by atomic mass is 35.5. The number of fused-ring (bicyclic) bond motifs is 1. The fourth-order valence-corrected chi connectivity index (χ4v) is 3.23. The average Bonchev–Trinajstić information content (AvgIpc) is 3.16. The van der Waals surface area contributed by atoms with E-state index in [2.05, 4.69) is 20.8 Å². The van der Waals surface area contributed by atoms with Crippen LogP contribution in [0.4, 0.5) is 10.6 Å². The van der Waals surface area contributed by atoms with Gasteiger partial charge in [0, 0.05) is 18.0 Å². The molecule has 8 heteroatoms. The molecular weight excluding hydrogens is 423 g/mol. The van der Waals surface area contributed by atoms with E-state index in [1.807, 2.05) is 54.6 Å². The number of aromatic nitrogens is 2. The molecule has 0 bridgehead atoms. The van der Waals surface area contributed by atoms with E-state index in [1.54, 1.807) is 12.1 Å². The first-order valence-corrected chi connectivity index (χ1v) is 9.98. The zero-order valence-electron chi connectivity index (χ0n) is 15.8. The van der Waals surface area contributed by atoms with E-state index in [9.17, 15) is 4.79 Å². The van der Waals surface area contributed by atoms with Crippen molar-refractivity contribution in [3.63, 3.8) is 0 Å². The Morgan fingerprint density at radius 3 is 2.60 bits per heavy atom. The standard InChI is InChI=1S/C22H18Cl2N4O2/c23-18-9-6-15(10-19(18)24)13-30-16-7-8-17-20(11-16)27-28-21(17)26-22(29)25-12-14-4-2-1-3-5-14/h1-11H,12-13H2,(H3,25,26,27,28,29). The summed E-state index contributed by atoms with van der Waals surface area (Å²) in [4.78, 5) is 12.2. The molecule has 0 spiro atoms. The van der Waals surface area contributed by atoms with Gasteiger partial charge in [-0.3, -0.25) is 10.4 Å². The summed E-state index contributed by atoms with van der Waals surface area (Å²) >= 11 is 12.0. The predicted octanol–water partition coefficient (Wildman–Crippen LogP) is 5.77. The van der Waals surface area contributed by atoms with Gasteiger partial charge in [0.2, 0.25) is 0 Å². The first kappa shape index (κ1) is 20.1. The Balaban J connectivity index is 1.38. The Hall–Kier alpha value is -3.22. The van der Waals surface area contributed by atoms with Crippen molar-refractivity contribution in [3.8, 4) is 5.75 Å². The number of hydrogen-bond acceptors (Lipinski definition) is 3. The number of nitrogens with one attached hydrogen (secondary N) is 3. The van der Waals surface area contributed by atoms with Gasteiger partial charge in [0.1, 0.15) is 12.4 Å². The molecule has 4 aromatic rings. The van der Waals surface area contributed by atoms with Crippen LogP contribution in [0.3, 0.4) is 0 Å². The van der Waals surface area contributed by atoms with Crippen LogP contribution in [-0.4, -0.2) is 16.2 Å². The number of ether oxygens (including phenoxy) is 1. The maximum Gasteiger partial charge on any atom is 0.320 e. The van der Waals surface area contributed by atoms with E-state index in [1.165, 1.54) is 0 Å². The van der Waals surface area contributed by atoms with Crippen LogP contribution >= 0.6 is 23.2 Å². The Morgan fingerprint density at radius 1 is 0.967 bits per heavy atom. The van der Waals surface area contributed by atoms with E-state index in [0.29, 0.717) is 34.8 Å². The third-order valence-corrected chi connectivity index (χ3v) is 5.19. The normalized spacial score (nSPS) is 10.7. The SMILES string of the molecule is O=C(NCc1ccccc1)Nc1n[nH]c2cc(OCc3ccc(Cl)c(Cl)c3)ccc12. The highest BCUT2D eigenvalue weighted by molar-refractivity contribution is 6.42. The summed E-state index contributed by atoms with van der Waals surface area (Å²) in [6, 6.07) is 20.2. The van der Waals surface area contributed by atoms with Gasteiger partial charge >= 0.3 is 6.03 Å². The number of halogens is 2. The van der Waals surface area contributed by atoms with Crippen LogP contribution in [0.25, 0.3) is 10.9 Å². The maximum absolute atomic E-state index is 12.2. The van der Waals surface area contributed by atoms with Crippen molar-refractivity contribution in [1.29, 1.82) is 0 Å². The molecule has 3 aromatic carbocycles. The molecule has 4 rings (SSSR count). The highest BCUT2D eigenvalue weighted by Crippen LogP contribution is 2.26. The first-order chi connectivity index (χ1) is 14.6. The molecule has 6 nitrogen and oxygen atoms in total. The quantitative estimate of drug-likeness (QED) is 0.356. The molecule has 2 amide bonds. The van der Waals surface area contributed by atoms with Crippen LogP contribution in [0.15, 0.2) is 66.7 Å². The Kier molecular flexibility index (Phi) is 6.07. The lowest BCUT2D eigenvalue weighted by Gasteiger charge is -2.08. The molecule has 0 aliphatic rings. The molecule has 0 fully saturated rings. The predicted molar refractivity (Wildman–Crippen MR) is 119 cm³/mol. The van der Waals surface area contributed by atoms with E-state index in [0.717, 1.165) is 22.0 Å². The summed E-state index contributed by atoms with van der Waals surface area (Å²) < 4.78 is 5.82. The number of anilines is 1. The van der Waals surface area contributed by atoms with E-state index < -0.39 is 0 Å². The summed E-state index contributed by atoms with van der Waals surface area (Å²) in [5, 5.41) is 14.5. The summed E-state index contributed by atoms with van der Waals surface area (Å²) in [7, 11) is 0. The minimum Gasteiger partial charge on any atom is -0.489 e. The maximum atomic E-state index is 12.2. The van der Waals surface area contributed by atoms with Crippen LogP contribution < -0.4 is 15.4 Å². The van der Waals surface area contributed by atoms with Gasteiger partial charge in [-0.1, -0.05) is 59.6 Å². The van der Waals surface area contributed by atoms with Gasteiger partial charge in [-0.25, -0.2) is 4.79 Å². The third kappa shape index (κ3) is 4.84. The number of carbonyl (C=O) groups is 1. The topological polar surface area (TPSA) is 79.0 Å². The van der Waals surface area contributed by atoms with Crippen LogP contribution in [0.2, 0.25) is 10.0 Å². The van der Waals surface area contributed by atoms with Gasteiger partial charge in [0.15, 0.2) is 5.82 Å². The second-order valence-electron chi connectivity index (χ2n) is 6.61. The fraction of sp³-hybridized carbons (Fsp3) is 0.0909. The summed E-state index contributed by atoms with van der Waals surface area (Å²) in [5.74, 6) is 1.11. The van der Waals surface area contributed by atoms with Gasteiger partial charge in [0.25, 0.3) is 0 Å². The largest absolute Gasteiger partial charge is 0.489 e. The summed E-state index contributed by atoms with van der Waals surface area (Å²) in [5.41, 5.74) is 2.68. The molecule has 1 heterocycles. The van der Waals surface area contributed by atoms with Crippen molar-refractivity contribution in [2.75, 3.05) is 5.32 Å². The summed E-state index contributed by atoms with van der Waals surface area (Å²) in [6.45, 7) is 0.783. The lowest BCUT2D eigenvalue weighted by Crippen LogP contribution is -2.28. The van der Waals surface area contributed by atoms with E-state index in [4.69, 9.17) is 27.9 Å². The highest BCUT2D eigenvalue weighted by Gasteiger charge is 2.10. The number of H-pyrrole nitrogens is 1. The number of rotatable bonds is 6. The fourth-order valence-electron chi connectivity index (χ4n) is 2.91. The molecule has 0 saturated carbocycles. The molecule has 0 radical (unpaired) electrons. The van der Waals surface area contributed by atoms with Crippen molar-refractivity contribution in [2.24, 2.45) is 0 Å². The molecule has 0 aliphatic heterocycles. The van der Waals surface area contributed by atoms with Gasteiger partial charge in [-0.15, -0.1) is 0 Å². The second kappa shape index (κ2) is 9.07. The number of amides is 2. The zero-order valence-corrected chi connectivity index (χ0v) is 17.3. The Bertz CT molecular complexity index is 1180. The molecule has 0 saturated heterocycles. The summed E-state index contributed by atoms with van der Waals surface area (Å²) in [6.07, 6.45) is 0. The van der Waals surface area contributed by atoms with Crippen molar-refractivity contribution in [1.82, 2.24) is 15.5 Å². The number of hydrogen-bond donors (Lipinski definition) is 3. The lowest BCUT2D eigenvalue weighted by molar-refractivity contribution is 0.251. The van der Waals surface area contributed by atoms with Crippen molar-refractivity contribution in [2.45, 2.75) is 13.2 Å². The number of nitrogens with zero attached hydrogens (tertiary/aromatic N) is 1. The average molecular weight is 441 g/mol. The minimum atomic E-state index is -0.327. The van der Waals surface area contributed by atoms with Crippen molar-refractivity contribution < 1.29 is 9.53 Å². The third-order valence-electron chi connectivity index (χ3n) is 4.45. The zero-order chi connectivity index (χ0) is 20.9. The lowest BCUT2D eigenvalue weighted by atomic mass is 10.2. The monoisotopic (exact) mass is 440 g/mol. The number of carbonyl (C=O) groups excluding carboxylic acids is 1. The van der Waals surface area contributed by atoms with Crippen LogP contribution in [0.5, 0.6) is 5.75 Å². The Labute approximate surface area is 183 Å². The van der Waals surface area contributed by atoms with Crippen LogP contribution in [-0.2, 0) is 13.2 Å². The van der Waals surface area contributed by atoms with Gasteiger partial charge in [-0.2, -0.15) is 5.10 Å². The van der Waals surface area contributed by atoms with Crippen molar-refractivity contribution >= 4 is 46.0 Å². The van der Waals surface area contributed by atoms with Crippen molar-refractivity contribution in [3.05, 3.63) is 87.9 Å². The van der Waals surface area contributed by atoms with Crippen LogP contribution in [0, 0.1) is 0 Å². The van der Waals surface area contributed by atoms with E-state index in [-0.39, 0.29) is 6.03 Å². The van der Waals surface area contributed by atoms with Crippen LogP contribution in [0.1, 0.15) is 11.1 Å². The van der Waals surface area contributed by atoms with Gasteiger partial charge < -0.3 is 10.1 Å². The molecule has 0 atom stereocenters. The molecule has 152 valence electrons. The Morgan fingerprint density at radius 2 is 1.80 bits per heavy atom. The number of aromatic amines is 1. The van der Waals surface area contributed by atoms with Gasteiger partial charge in [0.05, 0.1) is 15.6 Å². The smallest absolute Gasteiger partial charge is 0.320 e. The molecule has 3 N–H and O–H groups in total. The number of benzene rings is 3. The van der Waals surface area contributed by atoms with Gasteiger partial charge in [-0.05, 0) is 35.4 Å². The number of urea groups is 1. The van der Waals surface area contributed by atoms with E-state index >= 15 is 0 Å². The minimum absolute atomic E-state index is 0.327. The molecule has 30 heavy (non-hydrogen) atoms.